The molecule has 1 aliphatic carbocycles. The van der Waals surface area contributed by atoms with Crippen LogP contribution in [0.4, 0.5) is 15.5 Å². The van der Waals surface area contributed by atoms with Crippen LogP contribution in [0.1, 0.15) is 44.0 Å². The predicted octanol–water partition coefficient (Wildman–Crippen LogP) is 3.28. The molecule has 0 bridgehead atoms. The Bertz CT molecular complexity index is 968. The van der Waals surface area contributed by atoms with Gasteiger partial charge in [-0.3, -0.25) is 25.0 Å². The number of anilines is 1. The van der Waals surface area contributed by atoms with Crippen molar-refractivity contribution in [2.45, 2.75) is 25.7 Å². The topological polar surface area (TPSA) is 128 Å². The molecule has 10 heteroatoms. The molecule has 0 saturated heterocycles. The van der Waals surface area contributed by atoms with E-state index in [0.29, 0.717) is 11.4 Å². The first-order valence-corrected chi connectivity index (χ1v) is 9.32. The van der Waals surface area contributed by atoms with Crippen LogP contribution in [0.3, 0.4) is 0 Å². The molecule has 2 N–H and O–H groups in total. The van der Waals surface area contributed by atoms with Crippen LogP contribution in [0.5, 0.6) is 0 Å². The number of thiophene rings is 1. The Morgan fingerprint density at radius 3 is 2.64 bits per heavy atom. The predicted molar refractivity (Wildman–Crippen MR) is 102 cm³/mol. The summed E-state index contributed by atoms with van der Waals surface area (Å²) in [6, 6.07) is 5.31. The number of hydrogen-bond acceptors (Lipinski definition) is 7. The van der Waals surface area contributed by atoms with Gasteiger partial charge in [0.2, 0.25) is 0 Å². The number of nitro benzene ring substituents is 1. The number of imide groups is 1. The van der Waals surface area contributed by atoms with E-state index in [0.717, 1.165) is 42.9 Å². The molecule has 1 aromatic carbocycles. The minimum Gasteiger partial charge on any atom is -0.453 e. The van der Waals surface area contributed by atoms with E-state index in [1.807, 2.05) is 0 Å². The Labute approximate surface area is 163 Å². The fraction of sp³-hybridized carbons (Fsp3) is 0.278. The Balaban J connectivity index is 1.93. The minimum atomic E-state index is -0.892. The van der Waals surface area contributed by atoms with Crippen molar-refractivity contribution in [3.63, 3.8) is 0 Å². The van der Waals surface area contributed by atoms with Crippen molar-refractivity contribution in [1.82, 2.24) is 5.32 Å². The van der Waals surface area contributed by atoms with Crippen molar-refractivity contribution < 1.29 is 24.0 Å². The van der Waals surface area contributed by atoms with Crippen molar-refractivity contribution >= 4 is 39.9 Å². The number of nitrogens with one attached hydrogen (secondary N) is 2. The Hall–Kier alpha value is -3.27. The first-order valence-electron chi connectivity index (χ1n) is 8.50. The van der Waals surface area contributed by atoms with Gasteiger partial charge in [0.05, 0.1) is 17.6 Å². The van der Waals surface area contributed by atoms with Gasteiger partial charge in [-0.2, -0.15) is 0 Å². The van der Waals surface area contributed by atoms with Crippen LogP contribution in [-0.4, -0.2) is 29.9 Å². The normalized spacial score (nSPS) is 12.6. The standard InChI is InChI=1S/C18H17N3O6S/c1-27-18(24)20-16(23)14-12-7-2-3-8-13(12)28-17(14)19-15(22)10-5-4-6-11(9-10)21(25)26/h4-6,9H,2-3,7-8H2,1H3,(H,19,22)(H,20,23,24). The maximum absolute atomic E-state index is 12.6. The second-order valence-electron chi connectivity index (χ2n) is 6.12. The van der Waals surface area contributed by atoms with Gasteiger partial charge in [-0.15, -0.1) is 11.3 Å². The highest BCUT2D eigenvalue weighted by molar-refractivity contribution is 7.17. The lowest BCUT2D eigenvalue weighted by atomic mass is 9.95. The number of nitro groups is 1. The van der Waals surface area contributed by atoms with Gasteiger partial charge in [-0.25, -0.2) is 4.79 Å². The van der Waals surface area contributed by atoms with E-state index in [4.69, 9.17) is 0 Å². The number of methoxy groups -OCH3 is 1. The van der Waals surface area contributed by atoms with Crippen molar-refractivity contribution in [3.05, 3.63) is 55.9 Å². The lowest BCUT2D eigenvalue weighted by molar-refractivity contribution is -0.384. The molecule has 28 heavy (non-hydrogen) atoms. The number of amides is 3. The van der Waals surface area contributed by atoms with Crippen LogP contribution < -0.4 is 10.6 Å². The molecule has 1 aromatic heterocycles. The summed E-state index contributed by atoms with van der Waals surface area (Å²) < 4.78 is 4.47. The highest BCUT2D eigenvalue weighted by atomic mass is 32.1. The van der Waals surface area contributed by atoms with E-state index in [-0.39, 0.29) is 16.8 Å². The Morgan fingerprint density at radius 2 is 1.93 bits per heavy atom. The van der Waals surface area contributed by atoms with Crippen molar-refractivity contribution in [3.8, 4) is 0 Å². The number of nitrogens with zero attached hydrogens (tertiary/aromatic N) is 1. The lowest BCUT2D eigenvalue weighted by Gasteiger charge is -2.12. The monoisotopic (exact) mass is 403 g/mol. The van der Waals surface area contributed by atoms with Crippen molar-refractivity contribution in [2.24, 2.45) is 0 Å². The first-order chi connectivity index (χ1) is 13.4. The molecule has 3 amide bonds. The van der Waals surface area contributed by atoms with Gasteiger partial charge in [0.15, 0.2) is 0 Å². The minimum absolute atomic E-state index is 0.0971. The van der Waals surface area contributed by atoms with E-state index in [9.17, 15) is 24.5 Å². The molecule has 0 unspecified atom stereocenters. The first kappa shape index (κ1) is 19.5. The fourth-order valence-corrected chi connectivity index (χ4v) is 4.32. The molecule has 0 atom stereocenters. The number of hydrogen-bond donors (Lipinski definition) is 2. The summed E-state index contributed by atoms with van der Waals surface area (Å²) in [5.74, 6) is -1.23. The number of aryl methyl sites for hydroxylation is 1. The third-order valence-corrected chi connectivity index (χ3v) is 5.55. The average Bonchev–Trinajstić information content (AvgIpc) is 3.05. The largest absolute Gasteiger partial charge is 0.453 e. The highest BCUT2D eigenvalue weighted by Crippen LogP contribution is 2.38. The molecule has 9 nitrogen and oxygen atoms in total. The zero-order valence-electron chi connectivity index (χ0n) is 14.9. The van der Waals surface area contributed by atoms with Gasteiger partial charge < -0.3 is 10.1 Å². The Morgan fingerprint density at radius 1 is 1.18 bits per heavy atom. The SMILES string of the molecule is COC(=O)NC(=O)c1c(NC(=O)c2cccc([N+](=O)[O-])c2)sc2c1CCCC2. The van der Waals surface area contributed by atoms with Crippen LogP contribution in [0.25, 0.3) is 0 Å². The number of carbonyl (C=O) groups excluding carboxylic acids is 3. The highest BCUT2D eigenvalue weighted by Gasteiger charge is 2.27. The van der Waals surface area contributed by atoms with Gasteiger partial charge in [0.25, 0.3) is 17.5 Å². The summed E-state index contributed by atoms with van der Waals surface area (Å²) in [5, 5.41) is 16.0. The summed E-state index contributed by atoms with van der Waals surface area (Å²) in [6.07, 6.45) is 2.44. The Kier molecular flexibility index (Phi) is 5.69. The average molecular weight is 403 g/mol. The van der Waals surface area contributed by atoms with Gasteiger partial charge in [0, 0.05) is 22.6 Å². The third-order valence-electron chi connectivity index (χ3n) is 4.35. The van der Waals surface area contributed by atoms with Crippen LogP contribution in [0.2, 0.25) is 0 Å². The molecule has 146 valence electrons. The quantitative estimate of drug-likeness (QED) is 0.596. The molecule has 0 fully saturated rings. The van der Waals surface area contributed by atoms with Crippen LogP contribution in [0.15, 0.2) is 24.3 Å². The summed E-state index contributed by atoms with van der Waals surface area (Å²) in [5.41, 5.74) is 0.942. The smallest absolute Gasteiger partial charge is 0.413 e. The second-order valence-corrected chi connectivity index (χ2v) is 7.23. The van der Waals surface area contributed by atoms with Crippen molar-refractivity contribution in [1.29, 1.82) is 0 Å². The van der Waals surface area contributed by atoms with Gasteiger partial charge >= 0.3 is 6.09 Å². The molecule has 1 aliphatic rings. The summed E-state index contributed by atoms with van der Waals surface area (Å²) in [4.78, 5) is 47.9. The summed E-state index contributed by atoms with van der Waals surface area (Å²) in [6.45, 7) is 0. The molecule has 2 aromatic rings. The molecular weight excluding hydrogens is 386 g/mol. The summed E-state index contributed by atoms with van der Waals surface area (Å²) >= 11 is 1.28. The number of carbonyl (C=O) groups is 3. The van der Waals surface area contributed by atoms with Gasteiger partial charge in [-0.05, 0) is 37.3 Å². The molecule has 0 radical (unpaired) electrons. The van der Waals surface area contributed by atoms with E-state index in [1.54, 1.807) is 0 Å². The fourth-order valence-electron chi connectivity index (χ4n) is 3.04. The maximum atomic E-state index is 12.6. The van der Waals surface area contributed by atoms with Crippen LogP contribution >= 0.6 is 11.3 Å². The number of rotatable bonds is 4. The molecular formula is C18H17N3O6S. The van der Waals surface area contributed by atoms with E-state index >= 15 is 0 Å². The number of benzene rings is 1. The zero-order chi connectivity index (χ0) is 20.3. The zero-order valence-corrected chi connectivity index (χ0v) is 15.8. The maximum Gasteiger partial charge on any atom is 0.413 e. The summed E-state index contributed by atoms with van der Waals surface area (Å²) in [7, 11) is 1.15. The molecule has 0 aliphatic heterocycles. The molecule has 3 rings (SSSR count). The van der Waals surface area contributed by atoms with E-state index in [2.05, 4.69) is 15.4 Å². The van der Waals surface area contributed by atoms with Gasteiger partial charge in [-0.1, -0.05) is 6.07 Å². The molecule has 0 saturated carbocycles. The second kappa shape index (κ2) is 8.17. The third kappa shape index (κ3) is 4.01. The lowest BCUT2D eigenvalue weighted by Crippen LogP contribution is -2.31. The number of alkyl carbamates (subject to hydrolysis) is 1. The number of ether oxygens (including phenoxy) is 1. The van der Waals surface area contributed by atoms with E-state index in [1.165, 1.54) is 29.5 Å². The molecule has 1 heterocycles. The number of fused-ring (bicyclic) bond motifs is 1. The van der Waals surface area contributed by atoms with Gasteiger partial charge in [0.1, 0.15) is 5.00 Å². The number of non-ortho nitro benzene ring substituents is 1. The van der Waals surface area contributed by atoms with Crippen LogP contribution in [0, 0.1) is 10.1 Å². The molecule has 0 spiro atoms. The van der Waals surface area contributed by atoms with E-state index < -0.39 is 22.8 Å². The van der Waals surface area contributed by atoms with Crippen LogP contribution in [-0.2, 0) is 17.6 Å². The van der Waals surface area contributed by atoms with Crippen molar-refractivity contribution in [2.75, 3.05) is 12.4 Å².